The van der Waals surface area contributed by atoms with E-state index in [1.54, 1.807) is 6.92 Å². The summed E-state index contributed by atoms with van der Waals surface area (Å²) in [5.41, 5.74) is 1.08. The van der Waals surface area contributed by atoms with Gasteiger partial charge in [0.25, 0.3) is 0 Å². The number of hydrogen-bond donors (Lipinski definition) is 1. The Balaban J connectivity index is 2.62. The van der Waals surface area contributed by atoms with Crippen LogP contribution < -0.4 is 0 Å². The van der Waals surface area contributed by atoms with Crippen molar-refractivity contribution in [2.75, 3.05) is 0 Å². The highest BCUT2D eigenvalue weighted by molar-refractivity contribution is 5.79. The van der Waals surface area contributed by atoms with Crippen molar-refractivity contribution >= 4 is 5.78 Å². The van der Waals surface area contributed by atoms with Crippen molar-refractivity contribution in [1.82, 2.24) is 0 Å². The van der Waals surface area contributed by atoms with Gasteiger partial charge in [-0.3, -0.25) is 4.79 Å². The molecule has 2 nitrogen and oxygen atoms in total. The van der Waals surface area contributed by atoms with Crippen LogP contribution in [0.25, 0.3) is 0 Å². The zero-order valence-electron chi connectivity index (χ0n) is 7.71. The van der Waals surface area contributed by atoms with E-state index in [-0.39, 0.29) is 11.7 Å². The average molecular weight is 168 g/mol. The van der Waals surface area contributed by atoms with Crippen LogP contribution in [0, 0.1) is 11.8 Å². The summed E-state index contributed by atoms with van der Waals surface area (Å²) in [5.74, 6) is 0.298. The molecule has 0 bridgehead atoms. The SMILES string of the molecule is C=C(C)C1CC(O)C(C(C)=O)C1. The molecule has 0 saturated heterocycles. The Bertz CT molecular complexity index is 208. The molecule has 68 valence electrons. The molecular weight excluding hydrogens is 152 g/mol. The van der Waals surface area contributed by atoms with E-state index in [4.69, 9.17) is 0 Å². The Morgan fingerprint density at radius 1 is 1.42 bits per heavy atom. The first-order chi connectivity index (χ1) is 5.52. The van der Waals surface area contributed by atoms with E-state index in [0.29, 0.717) is 12.3 Å². The van der Waals surface area contributed by atoms with Crippen LogP contribution >= 0.6 is 0 Å². The van der Waals surface area contributed by atoms with Gasteiger partial charge < -0.3 is 5.11 Å². The molecule has 0 aromatic rings. The van der Waals surface area contributed by atoms with Gasteiger partial charge in [-0.15, -0.1) is 0 Å². The molecule has 1 aliphatic rings. The van der Waals surface area contributed by atoms with Gasteiger partial charge in [0.05, 0.1) is 6.10 Å². The number of aliphatic hydroxyl groups is 1. The number of allylic oxidation sites excluding steroid dienone is 1. The fraction of sp³-hybridized carbons (Fsp3) is 0.700. The van der Waals surface area contributed by atoms with Crippen molar-refractivity contribution in [3.05, 3.63) is 12.2 Å². The minimum atomic E-state index is -0.441. The summed E-state index contributed by atoms with van der Waals surface area (Å²) in [6, 6.07) is 0. The monoisotopic (exact) mass is 168 g/mol. The molecule has 0 radical (unpaired) electrons. The van der Waals surface area contributed by atoms with E-state index in [0.717, 1.165) is 12.0 Å². The average Bonchev–Trinajstić information content (AvgIpc) is 2.30. The zero-order valence-corrected chi connectivity index (χ0v) is 7.71. The van der Waals surface area contributed by atoms with Gasteiger partial charge in [0, 0.05) is 5.92 Å². The Labute approximate surface area is 73.3 Å². The third kappa shape index (κ3) is 1.75. The number of aliphatic hydroxyl groups excluding tert-OH is 1. The van der Waals surface area contributed by atoms with Gasteiger partial charge in [0.15, 0.2) is 0 Å². The van der Waals surface area contributed by atoms with Gasteiger partial charge in [0.1, 0.15) is 5.78 Å². The lowest BCUT2D eigenvalue weighted by Crippen LogP contribution is -2.19. The number of carbonyl (C=O) groups is 1. The van der Waals surface area contributed by atoms with E-state index in [9.17, 15) is 9.90 Å². The van der Waals surface area contributed by atoms with E-state index < -0.39 is 6.10 Å². The highest BCUT2D eigenvalue weighted by atomic mass is 16.3. The first-order valence-electron chi connectivity index (χ1n) is 4.36. The maximum absolute atomic E-state index is 11.0. The molecule has 1 saturated carbocycles. The van der Waals surface area contributed by atoms with Crippen LogP contribution in [0.1, 0.15) is 26.7 Å². The fourth-order valence-electron chi connectivity index (χ4n) is 1.85. The lowest BCUT2D eigenvalue weighted by molar-refractivity contribution is -0.123. The van der Waals surface area contributed by atoms with E-state index in [1.165, 1.54) is 0 Å². The molecule has 0 heterocycles. The van der Waals surface area contributed by atoms with Gasteiger partial charge in [-0.2, -0.15) is 0 Å². The van der Waals surface area contributed by atoms with Crippen LogP contribution in [0.5, 0.6) is 0 Å². The molecule has 1 fully saturated rings. The normalized spacial score (nSPS) is 35.1. The topological polar surface area (TPSA) is 37.3 Å². The molecule has 0 amide bonds. The summed E-state index contributed by atoms with van der Waals surface area (Å²) in [7, 11) is 0. The Kier molecular flexibility index (Phi) is 2.68. The highest BCUT2D eigenvalue weighted by Crippen LogP contribution is 2.35. The fourth-order valence-corrected chi connectivity index (χ4v) is 1.85. The second-order valence-corrected chi connectivity index (χ2v) is 3.80. The number of rotatable bonds is 2. The van der Waals surface area contributed by atoms with Crippen molar-refractivity contribution in [3.8, 4) is 0 Å². The lowest BCUT2D eigenvalue weighted by Gasteiger charge is -2.08. The van der Waals surface area contributed by atoms with Crippen molar-refractivity contribution in [2.24, 2.45) is 11.8 Å². The molecule has 1 aliphatic carbocycles. The van der Waals surface area contributed by atoms with Crippen molar-refractivity contribution in [3.63, 3.8) is 0 Å². The quantitative estimate of drug-likeness (QED) is 0.635. The predicted molar refractivity (Wildman–Crippen MR) is 47.7 cm³/mol. The third-order valence-corrected chi connectivity index (χ3v) is 2.75. The van der Waals surface area contributed by atoms with E-state index in [2.05, 4.69) is 6.58 Å². The van der Waals surface area contributed by atoms with Crippen LogP contribution in [0.3, 0.4) is 0 Å². The largest absolute Gasteiger partial charge is 0.392 e. The minimum Gasteiger partial charge on any atom is -0.392 e. The molecule has 0 spiro atoms. The van der Waals surface area contributed by atoms with Gasteiger partial charge in [-0.1, -0.05) is 12.2 Å². The molecule has 3 unspecified atom stereocenters. The van der Waals surface area contributed by atoms with Crippen LogP contribution in [-0.2, 0) is 4.79 Å². The Morgan fingerprint density at radius 2 is 2.00 bits per heavy atom. The summed E-state index contributed by atoms with van der Waals surface area (Å²) in [6.07, 6.45) is 1.05. The summed E-state index contributed by atoms with van der Waals surface area (Å²) in [4.78, 5) is 11.0. The van der Waals surface area contributed by atoms with E-state index in [1.807, 2.05) is 6.92 Å². The van der Waals surface area contributed by atoms with Gasteiger partial charge >= 0.3 is 0 Å². The molecule has 0 aromatic heterocycles. The van der Waals surface area contributed by atoms with Crippen LogP contribution in [0.4, 0.5) is 0 Å². The maximum atomic E-state index is 11.0. The lowest BCUT2D eigenvalue weighted by atomic mass is 9.97. The van der Waals surface area contributed by atoms with Gasteiger partial charge in [-0.05, 0) is 32.6 Å². The molecule has 12 heavy (non-hydrogen) atoms. The highest BCUT2D eigenvalue weighted by Gasteiger charge is 2.35. The molecule has 1 rings (SSSR count). The number of hydrogen-bond acceptors (Lipinski definition) is 2. The summed E-state index contributed by atoms with van der Waals surface area (Å²) in [5, 5.41) is 9.52. The number of Topliss-reactive ketones (excluding diaryl/α,β-unsaturated/α-hetero) is 1. The second kappa shape index (κ2) is 3.40. The summed E-state index contributed by atoms with van der Waals surface area (Å²) < 4.78 is 0. The smallest absolute Gasteiger partial charge is 0.135 e. The second-order valence-electron chi connectivity index (χ2n) is 3.80. The van der Waals surface area contributed by atoms with Crippen molar-refractivity contribution < 1.29 is 9.90 Å². The predicted octanol–water partition coefficient (Wildman–Crippen LogP) is 1.54. The molecule has 1 N–H and O–H groups in total. The molecule has 0 aliphatic heterocycles. The summed E-state index contributed by atoms with van der Waals surface area (Å²) >= 11 is 0. The standard InChI is InChI=1S/C10H16O2/c1-6(2)8-4-9(7(3)11)10(12)5-8/h8-10,12H,1,4-5H2,2-3H3. The molecule has 3 atom stereocenters. The number of ketones is 1. The maximum Gasteiger partial charge on any atom is 0.135 e. The van der Waals surface area contributed by atoms with E-state index >= 15 is 0 Å². The molecule has 0 aromatic carbocycles. The minimum absolute atomic E-state index is 0.103. The van der Waals surface area contributed by atoms with Gasteiger partial charge in [-0.25, -0.2) is 0 Å². The zero-order chi connectivity index (χ0) is 9.30. The summed E-state index contributed by atoms with van der Waals surface area (Å²) in [6.45, 7) is 7.35. The van der Waals surface area contributed by atoms with Crippen LogP contribution in [0.15, 0.2) is 12.2 Å². The first-order valence-corrected chi connectivity index (χ1v) is 4.36. The van der Waals surface area contributed by atoms with Crippen LogP contribution in [-0.4, -0.2) is 17.0 Å². The molecule has 2 heteroatoms. The Hall–Kier alpha value is -0.630. The van der Waals surface area contributed by atoms with Crippen molar-refractivity contribution in [2.45, 2.75) is 32.8 Å². The van der Waals surface area contributed by atoms with Crippen molar-refractivity contribution in [1.29, 1.82) is 0 Å². The first kappa shape index (κ1) is 9.46. The van der Waals surface area contributed by atoms with Gasteiger partial charge in [0.2, 0.25) is 0 Å². The Morgan fingerprint density at radius 3 is 2.25 bits per heavy atom. The molecular formula is C10H16O2. The van der Waals surface area contributed by atoms with Crippen LogP contribution in [0.2, 0.25) is 0 Å². The number of carbonyl (C=O) groups excluding carboxylic acids is 1. The third-order valence-electron chi connectivity index (χ3n) is 2.75.